The molecule has 0 bridgehead atoms. The molecule has 5 nitrogen and oxygen atoms in total. The quantitative estimate of drug-likeness (QED) is 0.628. The Bertz CT molecular complexity index is 542. The lowest BCUT2D eigenvalue weighted by Gasteiger charge is -2.00. The Balaban J connectivity index is 2.67. The van der Waals surface area contributed by atoms with Crippen LogP contribution in [0.3, 0.4) is 0 Å². The highest BCUT2D eigenvalue weighted by molar-refractivity contribution is 9.10. The maximum absolute atomic E-state index is 13.7. The van der Waals surface area contributed by atoms with Gasteiger partial charge in [-0.1, -0.05) is 15.9 Å². The molecule has 1 heterocycles. The number of benzene rings is 1. The molecule has 2 rings (SSSR count). The largest absolute Gasteiger partial charge is 0.444 e. The second kappa shape index (κ2) is 4.01. The topological polar surface area (TPSA) is 69.2 Å². The molecule has 82 valence electrons. The second-order valence-corrected chi connectivity index (χ2v) is 3.80. The maximum Gasteiger partial charge on any atom is 0.306 e. The van der Waals surface area contributed by atoms with E-state index in [1.165, 1.54) is 18.5 Å². The lowest BCUT2D eigenvalue weighted by Crippen LogP contribution is -1.95. The standard InChI is InChI=1S/C9H4BrFN2O3/c10-5-3-6(9-12-1-2-16-9)8(11)7(4-5)13(14)15/h1-4H. The lowest BCUT2D eigenvalue weighted by molar-refractivity contribution is -0.387. The number of nitro groups is 1. The van der Waals surface area contributed by atoms with E-state index in [0.717, 1.165) is 6.07 Å². The molecule has 0 aliphatic carbocycles. The summed E-state index contributed by atoms with van der Waals surface area (Å²) in [5.41, 5.74) is -0.673. The minimum atomic E-state index is -0.962. The summed E-state index contributed by atoms with van der Waals surface area (Å²) in [6.07, 6.45) is 2.60. The summed E-state index contributed by atoms with van der Waals surface area (Å²) in [6.45, 7) is 0. The average molecular weight is 287 g/mol. The second-order valence-electron chi connectivity index (χ2n) is 2.88. The number of rotatable bonds is 2. The van der Waals surface area contributed by atoms with Crippen LogP contribution in [0.4, 0.5) is 10.1 Å². The monoisotopic (exact) mass is 286 g/mol. The van der Waals surface area contributed by atoms with E-state index >= 15 is 0 Å². The number of hydrogen-bond acceptors (Lipinski definition) is 4. The Morgan fingerprint density at radius 2 is 2.25 bits per heavy atom. The van der Waals surface area contributed by atoms with Crippen molar-refractivity contribution in [2.75, 3.05) is 0 Å². The van der Waals surface area contributed by atoms with Gasteiger partial charge in [-0.3, -0.25) is 10.1 Å². The van der Waals surface area contributed by atoms with E-state index in [1.54, 1.807) is 0 Å². The van der Waals surface area contributed by atoms with Gasteiger partial charge in [0.2, 0.25) is 11.7 Å². The molecular weight excluding hydrogens is 283 g/mol. The molecule has 7 heteroatoms. The van der Waals surface area contributed by atoms with Crippen molar-refractivity contribution in [2.24, 2.45) is 0 Å². The number of oxazole rings is 1. The van der Waals surface area contributed by atoms with Crippen LogP contribution in [0, 0.1) is 15.9 Å². The van der Waals surface area contributed by atoms with Gasteiger partial charge in [-0.15, -0.1) is 0 Å². The summed E-state index contributed by atoms with van der Waals surface area (Å²) in [4.78, 5) is 13.5. The molecule has 1 aromatic heterocycles. The SMILES string of the molecule is O=[N+]([O-])c1cc(Br)cc(-c2ncco2)c1F. The maximum atomic E-state index is 13.7. The van der Waals surface area contributed by atoms with Crippen molar-refractivity contribution in [3.8, 4) is 11.5 Å². The highest BCUT2D eigenvalue weighted by atomic mass is 79.9. The van der Waals surface area contributed by atoms with Gasteiger partial charge in [0.1, 0.15) is 6.26 Å². The Labute approximate surface area is 97.2 Å². The van der Waals surface area contributed by atoms with Crippen molar-refractivity contribution >= 4 is 21.6 Å². The molecule has 1 aromatic carbocycles. The summed E-state index contributed by atoms with van der Waals surface area (Å²) < 4.78 is 19.0. The molecule has 0 saturated carbocycles. The molecule has 0 aliphatic rings. The minimum absolute atomic E-state index is 0.00176. The van der Waals surface area contributed by atoms with Gasteiger partial charge in [-0.2, -0.15) is 4.39 Å². The van der Waals surface area contributed by atoms with Gasteiger partial charge in [0.25, 0.3) is 0 Å². The van der Waals surface area contributed by atoms with Gasteiger partial charge in [-0.05, 0) is 6.07 Å². The third-order valence-electron chi connectivity index (χ3n) is 1.88. The number of hydrogen-bond donors (Lipinski definition) is 0. The summed E-state index contributed by atoms with van der Waals surface area (Å²) in [5.74, 6) is -0.961. The van der Waals surface area contributed by atoms with E-state index in [2.05, 4.69) is 20.9 Å². The predicted molar refractivity (Wildman–Crippen MR) is 56.3 cm³/mol. The zero-order valence-corrected chi connectivity index (χ0v) is 9.27. The van der Waals surface area contributed by atoms with Crippen LogP contribution < -0.4 is 0 Å². The molecule has 0 N–H and O–H groups in total. The molecule has 0 spiro atoms. The van der Waals surface area contributed by atoms with Crippen LogP contribution in [-0.4, -0.2) is 9.91 Å². The zero-order valence-electron chi connectivity index (χ0n) is 7.68. The van der Waals surface area contributed by atoms with E-state index in [9.17, 15) is 14.5 Å². The first-order valence-electron chi connectivity index (χ1n) is 4.13. The average Bonchev–Trinajstić information content (AvgIpc) is 2.73. The molecular formula is C9H4BrFN2O3. The first-order valence-corrected chi connectivity index (χ1v) is 4.92. The first-order chi connectivity index (χ1) is 7.59. The van der Waals surface area contributed by atoms with Gasteiger partial charge in [-0.25, -0.2) is 4.98 Å². The van der Waals surface area contributed by atoms with Gasteiger partial charge < -0.3 is 4.42 Å². The Morgan fingerprint density at radius 1 is 1.50 bits per heavy atom. The third-order valence-corrected chi connectivity index (χ3v) is 2.34. The van der Waals surface area contributed by atoms with E-state index in [4.69, 9.17) is 4.42 Å². The highest BCUT2D eigenvalue weighted by Gasteiger charge is 2.22. The molecule has 0 amide bonds. The third kappa shape index (κ3) is 1.81. The Hall–Kier alpha value is -1.76. The summed E-state index contributed by atoms with van der Waals surface area (Å²) in [7, 11) is 0. The molecule has 0 aliphatic heterocycles. The van der Waals surface area contributed by atoms with Crippen molar-refractivity contribution in [3.05, 3.63) is 45.0 Å². The molecule has 0 atom stereocenters. The molecule has 0 saturated heterocycles. The van der Waals surface area contributed by atoms with Crippen LogP contribution in [0.1, 0.15) is 0 Å². The van der Waals surface area contributed by atoms with Crippen molar-refractivity contribution < 1.29 is 13.7 Å². The lowest BCUT2D eigenvalue weighted by atomic mass is 10.2. The fourth-order valence-corrected chi connectivity index (χ4v) is 1.67. The van der Waals surface area contributed by atoms with Gasteiger partial charge in [0, 0.05) is 10.5 Å². The highest BCUT2D eigenvalue weighted by Crippen LogP contribution is 2.31. The zero-order chi connectivity index (χ0) is 11.7. The van der Waals surface area contributed by atoms with E-state index in [0.29, 0.717) is 4.47 Å². The van der Waals surface area contributed by atoms with Crippen LogP contribution in [0.15, 0.2) is 33.5 Å². The van der Waals surface area contributed by atoms with Crippen LogP contribution in [0.2, 0.25) is 0 Å². The normalized spacial score (nSPS) is 10.4. The van der Waals surface area contributed by atoms with Crippen molar-refractivity contribution in [3.63, 3.8) is 0 Å². The van der Waals surface area contributed by atoms with Crippen LogP contribution >= 0.6 is 15.9 Å². The van der Waals surface area contributed by atoms with E-state index < -0.39 is 16.4 Å². The smallest absolute Gasteiger partial charge is 0.306 e. The Kier molecular flexibility index (Phi) is 2.69. The summed E-state index contributed by atoms with van der Waals surface area (Å²) in [6, 6.07) is 2.45. The predicted octanol–water partition coefficient (Wildman–Crippen LogP) is 3.15. The molecule has 0 radical (unpaired) electrons. The molecule has 16 heavy (non-hydrogen) atoms. The molecule has 0 unspecified atom stereocenters. The number of nitro benzene ring substituents is 1. The van der Waals surface area contributed by atoms with E-state index in [1.807, 2.05) is 0 Å². The number of halogens is 2. The summed E-state index contributed by atoms with van der Waals surface area (Å²) in [5, 5.41) is 10.6. The fourth-order valence-electron chi connectivity index (χ4n) is 1.22. The fraction of sp³-hybridized carbons (Fsp3) is 0. The van der Waals surface area contributed by atoms with Gasteiger partial charge in [0.15, 0.2) is 0 Å². The minimum Gasteiger partial charge on any atom is -0.444 e. The number of nitrogens with zero attached hydrogens (tertiary/aromatic N) is 2. The van der Waals surface area contributed by atoms with Crippen molar-refractivity contribution in [1.29, 1.82) is 0 Å². The molecule has 0 fully saturated rings. The van der Waals surface area contributed by atoms with Crippen molar-refractivity contribution in [2.45, 2.75) is 0 Å². The number of aromatic nitrogens is 1. The van der Waals surface area contributed by atoms with Crippen LogP contribution in [-0.2, 0) is 0 Å². The summed E-state index contributed by atoms with van der Waals surface area (Å²) >= 11 is 3.06. The van der Waals surface area contributed by atoms with Crippen LogP contribution in [0.5, 0.6) is 0 Å². The Morgan fingerprint density at radius 3 is 2.81 bits per heavy atom. The molecule has 2 aromatic rings. The van der Waals surface area contributed by atoms with Crippen molar-refractivity contribution in [1.82, 2.24) is 4.98 Å². The van der Waals surface area contributed by atoms with Crippen LogP contribution in [0.25, 0.3) is 11.5 Å². The first kappa shape index (κ1) is 10.7. The van der Waals surface area contributed by atoms with Gasteiger partial charge in [0.05, 0.1) is 16.7 Å². The van der Waals surface area contributed by atoms with E-state index in [-0.39, 0.29) is 11.5 Å². The van der Waals surface area contributed by atoms with Gasteiger partial charge >= 0.3 is 5.69 Å².